The summed E-state index contributed by atoms with van der Waals surface area (Å²) in [5, 5.41) is 10.1. The third kappa shape index (κ3) is 5.09. The van der Waals surface area contributed by atoms with E-state index in [1.54, 1.807) is 15.9 Å². The lowest BCUT2D eigenvalue weighted by molar-refractivity contribution is -0.126. The molecule has 3 aromatic rings. The topological polar surface area (TPSA) is 92.2 Å². The van der Waals surface area contributed by atoms with Gasteiger partial charge in [-0.15, -0.1) is 0 Å². The quantitative estimate of drug-likeness (QED) is 0.664. The normalized spacial score (nSPS) is 15.3. The number of para-hydroxylation sites is 1. The molecule has 2 N–H and O–H groups in total. The van der Waals surface area contributed by atoms with Crippen molar-refractivity contribution in [3.05, 3.63) is 72.8 Å². The van der Waals surface area contributed by atoms with E-state index in [-0.39, 0.29) is 23.9 Å². The van der Waals surface area contributed by atoms with Gasteiger partial charge in [-0.2, -0.15) is 5.10 Å². The molecule has 4 rings (SSSR count). The number of hydrogen-bond acceptors (Lipinski definition) is 4. The number of carbonyl (C=O) groups excluding carboxylic acids is 2. The molecule has 1 aromatic heterocycles. The van der Waals surface area contributed by atoms with Crippen LogP contribution in [0.25, 0.3) is 5.69 Å². The van der Waals surface area contributed by atoms with Crippen molar-refractivity contribution in [2.45, 2.75) is 25.8 Å². The third-order valence-corrected chi connectivity index (χ3v) is 5.61. The Balaban J connectivity index is 1.26. The molecule has 1 atom stereocenters. The molecular formula is C23H26N6O2. The smallest absolute Gasteiger partial charge is 0.321 e. The first-order valence-electron chi connectivity index (χ1n) is 10.5. The van der Waals surface area contributed by atoms with E-state index < -0.39 is 0 Å². The van der Waals surface area contributed by atoms with Crippen LogP contribution in [0.2, 0.25) is 0 Å². The maximum Gasteiger partial charge on any atom is 0.321 e. The van der Waals surface area contributed by atoms with Crippen LogP contribution in [0.1, 0.15) is 31.4 Å². The molecule has 2 heterocycles. The molecule has 8 heteroatoms. The highest BCUT2D eigenvalue weighted by Crippen LogP contribution is 2.21. The second-order valence-corrected chi connectivity index (χ2v) is 7.72. The third-order valence-electron chi connectivity index (χ3n) is 5.61. The monoisotopic (exact) mass is 418 g/mol. The van der Waals surface area contributed by atoms with Crippen molar-refractivity contribution in [2.75, 3.05) is 18.4 Å². The average molecular weight is 419 g/mol. The molecule has 0 unspecified atom stereocenters. The zero-order valence-corrected chi connectivity index (χ0v) is 17.4. The summed E-state index contributed by atoms with van der Waals surface area (Å²) < 4.78 is 1.69. The van der Waals surface area contributed by atoms with Crippen molar-refractivity contribution >= 4 is 17.6 Å². The SMILES string of the molecule is C[C@@H](NC(=O)C1CCN(C(=O)Nc2ccccc2)CC1)c1ccc(-n2cncn2)cc1. The molecule has 0 aliphatic carbocycles. The van der Waals surface area contributed by atoms with Gasteiger partial charge in [0.15, 0.2) is 0 Å². The number of piperidine rings is 1. The van der Waals surface area contributed by atoms with E-state index in [1.165, 1.54) is 6.33 Å². The predicted molar refractivity (Wildman–Crippen MR) is 118 cm³/mol. The Morgan fingerprint density at radius 2 is 1.74 bits per heavy atom. The molecule has 0 radical (unpaired) electrons. The van der Waals surface area contributed by atoms with Gasteiger partial charge < -0.3 is 15.5 Å². The average Bonchev–Trinajstić information content (AvgIpc) is 3.35. The second-order valence-electron chi connectivity index (χ2n) is 7.72. The lowest BCUT2D eigenvalue weighted by atomic mass is 9.95. The molecule has 2 aromatic carbocycles. The first-order chi connectivity index (χ1) is 15.1. The summed E-state index contributed by atoms with van der Waals surface area (Å²) in [6, 6.07) is 17.1. The van der Waals surface area contributed by atoms with E-state index in [4.69, 9.17) is 0 Å². The van der Waals surface area contributed by atoms with Gasteiger partial charge in [0.25, 0.3) is 0 Å². The van der Waals surface area contributed by atoms with Gasteiger partial charge in [0.2, 0.25) is 5.91 Å². The number of carbonyl (C=O) groups is 2. The van der Waals surface area contributed by atoms with E-state index in [9.17, 15) is 9.59 Å². The number of aromatic nitrogens is 3. The highest BCUT2D eigenvalue weighted by Gasteiger charge is 2.28. The van der Waals surface area contributed by atoms with E-state index in [0.717, 1.165) is 16.9 Å². The standard InChI is InChI=1S/C23H26N6O2/c1-17(18-7-9-21(10-8-18)29-16-24-15-25-29)26-22(30)19-11-13-28(14-12-19)23(31)27-20-5-3-2-4-6-20/h2-10,15-17,19H,11-14H2,1H3,(H,26,30)(H,27,31)/t17-/m1/s1. The zero-order valence-electron chi connectivity index (χ0n) is 17.4. The number of nitrogens with zero attached hydrogens (tertiary/aromatic N) is 4. The molecular weight excluding hydrogens is 392 g/mol. The van der Waals surface area contributed by atoms with Crippen LogP contribution in [0.5, 0.6) is 0 Å². The number of nitrogens with one attached hydrogen (secondary N) is 2. The Kier molecular flexibility index (Phi) is 6.26. The van der Waals surface area contributed by atoms with E-state index in [0.29, 0.717) is 25.9 Å². The summed E-state index contributed by atoms with van der Waals surface area (Å²) in [6.07, 6.45) is 4.46. The van der Waals surface area contributed by atoms with Crippen LogP contribution >= 0.6 is 0 Å². The minimum atomic E-state index is -0.120. The van der Waals surface area contributed by atoms with Gasteiger partial charge in [0.05, 0.1) is 11.7 Å². The maximum absolute atomic E-state index is 12.8. The van der Waals surface area contributed by atoms with Gasteiger partial charge in [-0.25, -0.2) is 14.5 Å². The van der Waals surface area contributed by atoms with Crippen molar-refractivity contribution in [1.82, 2.24) is 25.0 Å². The van der Waals surface area contributed by atoms with Crippen LogP contribution in [0.15, 0.2) is 67.3 Å². The Bertz CT molecular complexity index is 996. The molecule has 0 bridgehead atoms. The number of rotatable bonds is 5. The Morgan fingerprint density at radius 3 is 2.39 bits per heavy atom. The van der Waals surface area contributed by atoms with Gasteiger partial charge in [-0.3, -0.25) is 4.79 Å². The number of likely N-dealkylation sites (tertiary alicyclic amines) is 1. The molecule has 3 amide bonds. The number of anilines is 1. The van der Waals surface area contributed by atoms with Crippen molar-refractivity contribution in [2.24, 2.45) is 5.92 Å². The summed E-state index contributed by atoms with van der Waals surface area (Å²) in [5.41, 5.74) is 2.72. The predicted octanol–water partition coefficient (Wildman–Crippen LogP) is 3.39. The van der Waals surface area contributed by atoms with Gasteiger partial charge in [0, 0.05) is 24.7 Å². The largest absolute Gasteiger partial charge is 0.349 e. The molecule has 1 aliphatic heterocycles. The number of hydrogen-bond donors (Lipinski definition) is 2. The van der Waals surface area contributed by atoms with Crippen LogP contribution in [0.3, 0.4) is 0 Å². The lowest BCUT2D eigenvalue weighted by Crippen LogP contribution is -2.44. The highest BCUT2D eigenvalue weighted by molar-refractivity contribution is 5.89. The first-order valence-corrected chi connectivity index (χ1v) is 10.5. The second kappa shape index (κ2) is 9.42. The Morgan fingerprint density at radius 1 is 1.03 bits per heavy atom. The van der Waals surface area contributed by atoms with Crippen LogP contribution < -0.4 is 10.6 Å². The van der Waals surface area contributed by atoms with Crippen LogP contribution in [-0.4, -0.2) is 44.7 Å². The van der Waals surface area contributed by atoms with E-state index >= 15 is 0 Å². The van der Waals surface area contributed by atoms with E-state index in [1.807, 2.05) is 61.5 Å². The van der Waals surface area contributed by atoms with Gasteiger partial charge >= 0.3 is 6.03 Å². The minimum absolute atomic E-state index is 0.0379. The summed E-state index contributed by atoms with van der Waals surface area (Å²) >= 11 is 0. The van der Waals surface area contributed by atoms with Crippen molar-refractivity contribution < 1.29 is 9.59 Å². The summed E-state index contributed by atoms with van der Waals surface area (Å²) in [7, 11) is 0. The van der Waals surface area contributed by atoms with E-state index in [2.05, 4.69) is 20.7 Å². The molecule has 8 nitrogen and oxygen atoms in total. The Hall–Kier alpha value is -3.68. The fourth-order valence-electron chi connectivity index (χ4n) is 3.74. The zero-order chi connectivity index (χ0) is 21.6. The van der Waals surface area contributed by atoms with Crippen LogP contribution in [0.4, 0.5) is 10.5 Å². The van der Waals surface area contributed by atoms with Gasteiger partial charge in [-0.1, -0.05) is 30.3 Å². The molecule has 0 saturated carbocycles. The summed E-state index contributed by atoms with van der Waals surface area (Å²) in [4.78, 5) is 30.9. The summed E-state index contributed by atoms with van der Waals surface area (Å²) in [5.74, 6) is -0.0476. The first kappa shape index (κ1) is 20.6. The minimum Gasteiger partial charge on any atom is -0.349 e. The van der Waals surface area contributed by atoms with Crippen LogP contribution in [0, 0.1) is 5.92 Å². The molecule has 1 saturated heterocycles. The molecule has 160 valence electrons. The highest BCUT2D eigenvalue weighted by atomic mass is 16.2. The fraction of sp³-hybridized carbons (Fsp3) is 0.304. The Labute approximate surface area is 181 Å². The number of benzene rings is 2. The summed E-state index contributed by atoms with van der Waals surface area (Å²) in [6.45, 7) is 3.11. The fourth-order valence-corrected chi connectivity index (χ4v) is 3.74. The number of amides is 3. The lowest BCUT2D eigenvalue weighted by Gasteiger charge is -2.32. The van der Waals surface area contributed by atoms with Crippen molar-refractivity contribution in [3.63, 3.8) is 0 Å². The maximum atomic E-state index is 12.8. The van der Waals surface area contributed by atoms with Crippen molar-refractivity contribution in [3.8, 4) is 5.69 Å². The van der Waals surface area contributed by atoms with Gasteiger partial charge in [-0.05, 0) is 49.6 Å². The van der Waals surface area contributed by atoms with Crippen molar-refractivity contribution in [1.29, 1.82) is 0 Å². The van der Waals surface area contributed by atoms with Crippen LogP contribution in [-0.2, 0) is 4.79 Å². The molecule has 31 heavy (non-hydrogen) atoms. The molecule has 1 fully saturated rings. The number of urea groups is 1. The molecule has 0 spiro atoms. The van der Waals surface area contributed by atoms with Gasteiger partial charge in [0.1, 0.15) is 12.7 Å². The molecule has 1 aliphatic rings.